The van der Waals surface area contributed by atoms with Gasteiger partial charge in [0.2, 0.25) is 5.95 Å². The number of fused-ring (bicyclic) bond motifs is 1. The average Bonchev–Trinajstić information content (AvgIpc) is 3.40. The van der Waals surface area contributed by atoms with E-state index in [9.17, 15) is 14.7 Å². The zero-order valence-corrected chi connectivity index (χ0v) is 26.2. The van der Waals surface area contributed by atoms with Crippen molar-refractivity contribution in [2.24, 2.45) is 5.41 Å². The van der Waals surface area contributed by atoms with Crippen LogP contribution >= 0.6 is 18.4 Å². The van der Waals surface area contributed by atoms with Crippen LogP contribution in [-0.4, -0.2) is 85.2 Å². The van der Waals surface area contributed by atoms with E-state index < -0.39 is 48.7 Å². The fourth-order valence-electron chi connectivity index (χ4n) is 3.62. The summed E-state index contributed by atoms with van der Waals surface area (Å²) in [6, 6.07) is -0.906. The first-order chi connectivity index (χ1) is 19.0. The van der Waals surface area contributed by atoms with Crippen LogP contribution in [0.15, 0.2) is 6.33 Å². The fraction of sp³-hybridized carbons (Fsp3) is 0.696. The number of aromatic nitrogens is 4. The molecule has 0 spiro atoms. The number of hydrogen-bond acceptors (Lipinski definition) is 14. The Bertz CT molecular complexity index is 1300. The third-order valence-corrected chi connectivity index (χ3v) is 9.60. The molecule has 41 heavy (non-hydrogen) atoms. The minimum atomic E-state index is -3.43. The molecule has 0 aromatic carbocycles. The molecule has 0 unspecified atom stereocenters. The predicted molar refractivity (Wildman–Crippen MR) is 156 cm³/mol. The number of aliphatic hydroxyl groups is 1. The van der Waals surface area contributed by atoms with Crippen molar-refractivity contribution in [1.82, 2.24) is 24.6 Å². The number of ether oxygens (including phenoxy) is 2. The first-order valence-electron chi connectivity index (χ1n) is 12.8. The Morgan fingerprint density at radius 3 is 2.61 bits per heavy atom. The number of aliphatic hydroxyl groups excluding tert-OH is 1. The molecule has 18 heteroatoms. The van der Waals surface area contributed by atoms with E-state index in [0.717, 1.165) is 11.8 Å². The molecule has 2 aromatic heterocycles. The number of alkyl halides is 1. The number of carbonyl (C=O) groups excluding carboxylic acids is 2. The zero-order chi connectivity index (χ0) is 30.7. The third-order valence-electron chi connectivity index (χ3n) is 5.69. The van der Waals surface area contributed by atoms with Gasteiger partial charge in [-0.1, -0.05) is 32.5 Å². The monoisotopic (exact) mass is 637 g/mol. The van der Waals surface area contributed by atoms with Gasteiger partial charge in [-0.2, -0.15) is 9.97 Å². The number of esters is 1. The average molecular weight is 638 g/mol. The van der Waals surface area contributed by atoms with Gasteiger partial charge in [-0.15, -0.1) is 0 Å². The van der Waals surface area contributed by atoms with Crippen LogP contribution in [0.2, 0.25) is 0 Å². The highest BCUT2D eigenvalue weighted by molar-refractivity contribution is 8.13. The van der Waals surface area contributed by atoms with E-state index in [4.69, 9.17) is 41.8 Å². The number of carbonyl (C=O) groups is 2. The summed E-state index contributed by atoms with van der Waals surface area (Å²) in [5.41, 5.74) is 11.3. The molecule has 0 radical (unpaired) electrons. The summed E-state index contributed by atoms with van der Waals surface area (Å²) in [4.78, 5) is 36.7. The molecule has 1 saturated heterocycles. The molecular formula is C23H37FN7O7PS2. The maximum Gasteiger partial charge on any atom is 0.323 e. The van der Waals surface area contributed by atoms with Gasteiger partial charge in [0.15, 0.2) is 29.0 Å². The quantitative estimate of drug-likeness (QED) is 0.150. The molecular weight excluding hydrogens is 600 g/mol. The van der Waals surface area contributed by atoms with Crippen LogP contribution in [0, 0.1) is 5.41 Å². The summed E-state index contributed by atoms with van der Waals surface area (Å²) < 4.78 is 39.3. The largest absolute Gasteiger partial charge is 0.462 e. The van der Waals surface area contributed by atoms with Gasteiger partial charge in [0.1, 0.15) is 23.8 Å². The number of nitrogens with zero attached hydrogens (tertiary/aromatic N) is 4. The van der Waals surface area contributed by atoms with Crippen molar-refractivity contribution in [3.63, 3.8) is 0 Å². The van der Waals surface area contributed by atoms with Gasteiger partial charge in [-0.3, -0.25) is 14.2 Å². The number of rotatable bonds is 12. The van der Waals surface area contributed by atoms with Gasteiger partial charge >= 0.3 is 5.97 Å². The Labute approximate surface area is 246 Å². The van der Waals surface area contributed by atoms with Crippen molar-refractivity contribution in [1.29, 1.82) is 0 Å². The maximum atomic E-state index is 15.3. The van der Waals surface area contributed by atoms with Crippen molar-refractivity contribution in [2.75, 3.05) is 30.4 Å². The second kappa shape index (κ2) is 13.5. The Morgan fingerprint density at radius 1 is 1.29 bits per heavy atom. The van der Waals surface area contributed by atoms with Crippen LogP contribution in [0.4, 0.5) is 16.2 Å². The minimum Gasteiger partial charge on any atom is -0.462 e. The second-order valence-electron chi connectivity index (χ2n) is 10.6. The molecule has 3 rings (SSSR count). The van der Waals surface area contributed by atoms with E-state index in [1.54, 1.807) is 13.8 Å². The Hall–Kier alpha value is -1.98. The lowest BCUT2D eigenvalue weighted by molar-refractivity contribution is -0.149. The van der Waals surface area contributed by atoms with Crippen LogP contribution < -0.4 is 16.6 Å². The molecule has 1 aliphatic heterocycles. The molecule has 0 saturated carbocycles. The standard InChI is InChI=1S/C23H37FN7O7PS2/c1-11(2)37-20(33)12(3)30-39(40,35-7-8-41-21(34)23(4,5)6)36-9-13-16(32)14(24)19(38-13)31-10-27-15-17(25)28-22(26)29-18(15)31/h10-14,16,19,32H,7-9H2,1-6H3,(H,30,40)(H4,25,26,28,29)/t12-,13+,14-,16+,19+,39-/m0/s1. The lowest BCUT2D eigenvalue weighted by atomic mass is 10.00. The van der Waals surface area contributed by atoms with Crippen LogP contribution in [0.1, 0.15) is 47.8 Å². The molecule has 3 heterocycles. The summed E-state index contributed by atoms with van der Waals surface area (Å²) in [6.45, 7) is 6.58. The number of nitrogens with one attached hydrogen (secondary N) is 1. The first kappa shape index (κ1) is 33.5. The van der Waals surface area contributed by atoms with E-state index in [-0.39, 0.29) is 53.1 Å². The normalized spacial score (nSPS) is 23.5. The summed E-state index contributed by atoms with van der Waals surface area (Å²) in [5.74, 6) is -0.422. The SMILES string of the molecule is CC(C)OC(=O)[C@H](C)N[P@](=S)(OCCSC(=O)C(C)(C)C)OC[C@H]1O[C@@H](n2cnc3c(N)nc(N)nc32)[C@@H](F)[C@@H]1O. The fourth-order valence-corrected chi connectivity index (χ4v) is 6.89. The highest BCUT2D eigenvalue weighted by atomic mass is 32.5. The topological polar surface area (TPSA) is 199 Å². The maximum absolute atomic E-state index is 15.3. The van der Waals surface area contributed by atoms with Gasteiger partial charge in [0.25, 0.3) is 6.64 Å². The predicted octanol–water partition coefficient (Wildman–Crippen LogP) is 2.08. The number of imidazole rings is 1. The van der Waals surface area contributed by atoms with Crippen molar-refractivity contribution >= 4 is 64.2 Å². The van der Waals surface area contributed by atoms with Crippen LogP contribution in [0.3, 0.4) is 0 Å². The van der Waals surface area contributed by atoms with E-state index in [2.05, 4.69) is 20.0 Å². The zero-order valence-electron chi connectivity index (χ0n) is 23.6. The van der Waals surface area contributed by atoms with Gasteiger partial charge in [0.05, 0.1) is 25.6 Å². The molecule has 6 N–H and O–H groups in total. The van der Waals surface area contributed by atoms with Crippen molar-refractivity contribution < 1.29 is 37.6 Å². The molecule has 0 bridgehead atoms. The summed E-state index contributed by atoms with van der Waals surface area (Å²) >= 11 is 6.71. The van der Waals surface area contributed by atoms with Gasteiger partial charge in [-0.05, 0) is 32.6 Å². The highest BCUT2D eigenvalue weighted by Gasteiger charge is 2.46. The van der Waals surface area contributed by atoms with Crippen LogP contribution in [-0.2, 0) is 39.9 Å². The summed E-state index contributed by atoms with van der Waals surface area (Å²) in [7, 11) is 0. The number of hydrogen-bond donors (Lipinski definition) is 4. The lowest BCUT2D eigenvalue weighted by Gasteiger charge is -2.28. The van der Waals surface area contributed by atoms with Gasteiger partial charge < -0.3 is 35.1 Å². The van der Waals surface area contributed by atoms with Gasteiger partial charge in [0, 0.05) is 11.2 Å². The lowest BCUT2D eigenvalue weighted by Crippen LogP contribution is -2.37. The number of anilines is 2. The van der Waals surface area contributed by atoms with Crippen LogP contribution in [0.5, 0.6) is 0 Å². The second-order valence-corrected chi connectivity index (χ2v) is 14.9. The molecule has 1 fully saturated rings. The summed E-state index contributed by atoms with van der Waals surface area (Å²) in [5, 5.41) is 13.5. The Kier molecular flexibility index (Phi) is 11.1. The number of thioether (sulfide) groups is 1. The molecule has 0 amide bonds. The van der Waals surface area contributed by atoms with E-state index in [1.807, 2.05) is 20.8 Å². The van der Waals surface area contributed by atoms with Gasteiger partial charge in [-0.25, -0.2) is 14.5 Å². The first-order valence-corrected chi connectivity index (χ1v) is 16.4. The van der Waals surface area contributed by atoms with Crippen LogP contribution in [0.25, 0.3) is 11.2 Å². The molecule has 14 nitrogen and oxygen atoms in total. The Balaban J connectivity index is 1.72. The van der Waals surface area contributed by atoms with Crippen molar-refractivity contribution in [2.45, 2.75) is 78.3 Å². The number of halogens is 1. The third kappa shape index (κ3) is 8.54. The van der Waals surface area contributed by atoms with Crippen molar-refractivity contribution in [3.8, 4) is 0 Å². The molecule has 230 valence electrons. The summed E-state index contributed by atoms with van der Waals surface area (Å²) in [6.07, 6.45) is -5.11. The number of nitrogen functional groups attached to an aromatic ring is 2. The number of nitrogens with two attached hydrogens (primary N) is 2. The molecule has 1 aliphatic rings. The van der Waals surface area contributed by atoms with E-state index in [0.29, 0.717) is 0 Å². The van der Waals surface area contributed by atoms with Crippen molar-refractivity contribution in [3.05, 3.63) is 6.33 Å². The van der Waals surface area contributed by atoms with E-state index >= 15 is 4.39 Å². The molecule has 0 aliphatic carbocycles. The highest BCUT2D eigenvalue weighted by Crippen LogP contribution is 2.46. The van der Waals surface area contributed by atoms with E-state index in [1.165, 1.54) is 17.8 Å². The molecule has 6 atom stereocenters. The minimum absolute atomic E-state index is 0.0106. The Morgan fingerprint density at radius 2 is 1.98 bits per heavy atom. The smallest absolute Gasteiger partial charge is 0.323 e. The molecule has 2 aromatic rings.